The average Bonchev–Trinajstić information content (AvgIpc) is 2.39. The Morgan fingerprint density at radius 1 is 1.56 bits per heavy atom. The van der Waals surface area contributed by atoms with Gasteiger partial charge in [-0.3, -0.25) is 4.79 Å². The van der Waals surface area contributed by atoms with E-state index in [0.29, 0.717) is 0 Å². The Morgan fingerprint density at radius 3 is 3.06 bits per heavy atom. The lowest BCUT2D eigenvalue weighted by molar-refractivity contribution is -0.126. The number of carbonyl (C=O) groups excluding carboxylic acids is 1. The summed E-state index contributed by atoms with van der Waals surface area (Å²) >= 11 is 3.45. The van der Waals surface area contributed by atoms with Gasteiger partial charge < -0.3 is 10.6 Å². The molecule has 1 saturated heterocycles. The zero-order valence-corrected chi connectivity index (χ0v) is 12.2. The smallest absolute Gasteiger partial charge is 0.224 e. The SMILES string of the molecule is C[C@H](NC(=O)[C@H]1CCCNC1)c1cccc(Br)c1. The van der Waals surface area contributed by atoms with Gasteiger partial charge in [0.05, 0.1) is 12.0 Å². The van der Waals surface area contributed by atoms with Crippen molar-refractivity contribution in [3.8, 4) is 0 Å². The normalized spacial score (nSPS) is 21.3. The first-order valence-corrected chi connectivity index (χ1v) is 7.22. The molecule has 4 heteroatoms. The standard InChI is InChI=1S/C14H19BrN2O/c1-10(11-4-2-6-13(15)8-11)17-14(18)12-5-3-7-16-9-12/h2,4,6,8,10,12,16H,3,5,7,9H2,1H3,(H,17,18)/t10-,12-/m0/s1. The average molecular weight is 311 g/mol. The molecule has 2 rings (SSSR count). The second kappa shape index (κ2) is 6.34. The number of hydrogen-bond acceptors (Lipinski definition) is 2. The fourth-order valence-electron chi connectivity index (χ4n) is 2.27. The number of benzene rings is 1. The third-order valence-electron chi connectivity index (χ3n) is 3.38. The van der Waals surface area contributed by atoms with Crippen LogP contribution in [0.15, 0.2) is 28.7 Å². The molecule has 0 spiro atoms. The third-order valence-corrected chi connectivity index (χ3v) is 3.87. The number of nitrogens with one attached hydrogen (secondary N) is 2. The number of carbonyl (C=O) groups is 1. The molecule has 0 unspecified atom stereocenters. The molecule has 18 heavy (non-hydrogen) atoms. The fourth-order valence-corrected chi connectivity index (χ4v) is 2.68. The molecule has 0 bridgehead atoms. The molecular weight excluding hydrogens is 292 g/mol. The van der Waals surface area contributed by atoms with Gasteiger partial charge in [-0.2, -0.15) is 0 Å². The monoisotopic (exact) mass is 310 g/mol. The molecule has 1 aromatic rings. The number of hydrogen-bond donors (Lipinski definition) is 2. The molecule has 1 aliphatic heterocycles. The molecule has 0 saturated carbocycles. The van der Waals surface area contributed by atoms with E-state index >= 15 is 0 Å². The Kier molecular flexibility index (Phi) is 4.78. The minimum absolute atomic E-state index is 0.0527. The van der Waals surface area contributed by atoms with Crippen LogP contribution in [0.5, 0.6) is 0 Å². The lowest BCUT2D eigenvalue weighted by Crippen LogP contribution is -2.41. The van der Waals surface area contributed by atoms with Gasteiger partial charge in [-0.25, -0.2) is 0 Å². The number of halogens is 1. The summed E-state index contributed by atoms with van der Waals surface area (Å²) in [6, 6.07) is 8.11. The maximum absolute atomic E-state index is 12.1. The van der Waals surface area contributed by atoms with Crippen molar-refractivity contribution in [1.82, 2.24) is 10.6 Å². The minimum Gasteiger partial charge on any atom is -0.349 e. The lowest BCUT2D eigenvalue weighted by Gasteiger charge is -2.24. The van der Waals surface area contributed by atoms with E-state index in [1.54, 1.807) is 0 Å². The molecule has 0 aliphatic carbocycles. The molecule has 98 valence electrons. The predicted molar refractivity (Wildman–Crippen MR) is 76.3 cm³/mol. The Morgan fingerprint density at radius 2 is 2.39 bits per heavy atom. The largest absolute Gasteiger partial charge is 0.349 e. The predicted octanol–water partition coefficient (Wildman–Crippen LogP) is 2.63. The first-order chi connectivity index (χ1) is 8.66. The zero-order valence-electron chi connectivity index (χ0n) is 10.6. The molecule has 2 N–H and O–H groups in total. The van der Waals surface area contributed by atoms with Crippen molar-refractivity contribution in [3.63, 3.8) is 0 Å². The number of amides is 1. The summed E-state index contributed by atoms with van der Waals surface area (Å²) in [6.07, 6.45) is 2.08. The zero-order chi connectivity index (χ0) is 13.0. The van der Waals surface area contributed by atoms with Crippen LogP contribution in [0.3, 0.4) is 0 Å². The van der Waals surface area contributed by atoms with Crippen LogP contribution in [-0.4, -0.2) is 19.0 Å². The topological polar surface area (TPSA) is 41.1 Å². The second-order valence-corrected chi connectivity index (χ2v) is 5.74. The summed E-state index contributed by atoms with van der Waals surface area (Å²) < 4.78 is 1.04. The van der Waals surface area contributed by atoms with Gasteiger partial charge in [0.1, 0.15) is 0 Å². The van der Waals surface area contributed by atoms with Gasteiger partial charge in [0.25, 0.3) is 0 Å². The van der Waals surface area contributed by atoms with Crippen LogP contribution in [0, 0.1) is 5.92 Å². The minimum atomic E-state index is 0.0527. The van der Waals surface area contributed by atoms with Gasteiger partial charge >= 0.3 is 0 Å². The molecular formula is C14H19BrN2O. The summed E-state index contributed by atoms with van der Waals surface area (Å²) in [7, 11) is 0. The molecule has 0 radical (unpaired) electrons. The van der Waals surface area contributed by atoms with Crippen molar-refractivity contribution >= 4 is 21.8 Å². The summed E-state index contributed by atoms with van der Waals surface area (Å²) in [4.78, 5) is 12.1. The molecule has 3 nitrogen and oxygen atoms in total. The van der Waals surface area contributed by atoms with E-state index in [4.69, 9.17) is 0 Å². The summed E-state index contributed by atoms with van der Waals surface area (Å²) in [5.74, 6) is 0.281. The van der Waals surface area contributed by atoms with Gasteiger partial charge in [0.15, 0.2) is 0 Å². The van der Waals surface area contributed by atoms with E-state index in [1.807, 2.05) is 31.2 Å². The van der Waals surface area contributed by atoms with Gasteiger partial charge in [-0.1, -0.05) is 28.1 Å². The van der Waals surface area contributed by atoms with Crippen molar-refractivity contribution in [1.29, 1.82) is 0 Å². The third kappa shape index (κ3) is 3.56. The fraction of sp³-hybridized carbons (Fsp3) is 0.500. The highest BCUT2D eigenvalue weighted by Gasteiger charge is 2.22. The Bertz CT molecular complexity index is 416. The van der Waals surface area contributed by atoms with E-state index in [2.05, 4.69) is 26.6 Å². The highest BCUT2D eigenvalue weighted by molar-refractivity contribution is 9.10. The lowest BCUT2D eigenvalue weighted by atomic mass is 9.98. The molecule has 1 amide bonds. The van der Waals surface area contributed by atoms with Crippen LogP contribution >= 0.6 is 15.9 Å². The van der Waals surface area contributed by atoms with Gasteiger partial charge in [-0.15, -0.1) is 0 Å². The molecule has 1 fully saturated rings. The van der Waals surface area contributed by atoms with Crippen LogP contribution in [0.25, 0.3) is 0 Å². The van der Waals surface area contributed by atoms with Crippen molar-refractivity contribution in [2.75, 3.05) is 13.1 Å². The van der Waals surface area contributed by atoms with E-state index in [9.17, 15) is 4.79 Å². The number of piperidine rings is 1. The van der Waals surface area contributed by atoms with Crippen LogP contribution in [0.1, 0.15) is 31.4 Å². The molecule has 1 aliphatic rings. The first-order valence-electron chi connectivity index (χ1n) is 6.43. The summed E-state index contributed by atoms with van der Waals surface area (Å²) in [6.45, 7) is 3.86. The Balaban J connectivity index is 1.94. The van der Waals surface area contributed by atoms with Crippen LogP contribution in [-0.2, 0) is 4.79 Å². The summed E-state index contributed by atoms with van der Waals surface area (Å²) in [5, 5.41) is 6.36. The molecule has 0 aromatic heterocycles. The molecule has 1 aromatic carbocycles. The van der Waals surface area contributed by atoms with E-state index in [0.717, 1.165) is 36.0 Å². The van der Waals surface area contributed by atoms with Crippen molar-refractivity contribution in [3.05, 3.63) is 34.3 Å². The van der Waals surface area contributed by atoms with E-state index in [-0.39, 0.29) is 17.9 Å². The highest BCUT2D eigenvalue weighted by atomic mass is 79.9. The highest BCUT2D eigenvalue weighted by Crippen LogP contribution is 2.19. The van der Waals surface area contributed by atoms with E-state index in [1.165, 1.54) is 0 Å². The van der Waals surface area contributed by atoms with Crippen LogP contribution in [0.4, 0.5) is 0 Å². The van der Waals surface area contributed by atoms with Gasteiger partial charge in [0, 0.05) is 11.0 Å². The first kappa shape index (κ1) is 13.6. The molecule has 1 heterocycles. The quantitative estimate of drug-likeness (QED) is 0.901. The van der Waals surface area contributed by atoms with Crippen molar-refractivity contribution in [2.24, 2.45) is 5.92 Å². The van der Waals surface area contributed by atoms with Crippen LogP contribution in [0.2, 0.25) is 0 Å². The maximum atomic E-state index is 12.1. The van der Waals surface area contributed by atoms with Crippen LogP contribution < -0.4 is 10.6 Å². The number of rotatable bonds is 3. The van der Waals surface area contributed by atoms with Gasteiger partial charge in [-0.05, 0) is 44.0 Å². The molecule has 2 atom stereocenters. The Labute approximate surface area is 116 Å². The van der Waals surface area contributed by atoms with E-state index < -0.39 is 0 Å². The maximum Gasteiger partial charge on any atom is 0.224 e. The van der Waals surface area contributed by atoms with Crippen molar-refractivity contribution in [2.45, 2.75) is 25.8 Å². The Hall–Kier alpha value is -0.870. The van der Waals surface area contributed by atoms with Crippen molar-refractivity contribution < 1.29 is 4.79 Å². The summed E-state index contributed by atoms with van der Waals surface area (Å²) in [5.41, 5.74) is 1.13. The van der Waals surface area contributed by atoms with Gasteiger partial charge in [0.2, 0.25) is 5.91 Å². The second-order valence-electron chi connectivity index (χ2n) is 4.83.